The zero-order chi connectivity index (χ0) is 26.3. The molecule has 0 saturated carbocycles. The molecule has 0 saturated heterocycles. The molecule has 0 aliphatic rings. The van der Waals surface area contributed by atoms with Crippen LogP contribution < -0.4 is 5.32 Å². The van der Waals surface area contributed by atoms with E-state index in [2.05, 4.69) is 82.4 Å². The Bertz CT molecular complexity index is 1720. The summed E-state index contributed by atoms with van der Waals surface area (Å²) < 4.78 is 5.28. The summed E-state index contributed by atoms with van der Waals surface area (Å²) >= 11 is 0. The molecule has 0 spiro atoms. The Balaban J connectivity index is 1.38. The number of rotatable bonds is 7. The third kappa shape index (κ3) is 4.65. The Morgan fingerprint density at radius 2 is 1.89 bits per heavy atom. The van der Waals surface area contributed by atoms with Gasteiger partial charge in [-0.2, -0.15) is 5.10 Å². The minimum Gasteiger partial charge on any atom is -0.472 e. The lowest BCUT2D eigenvalue weighted by Gasteiger charge is -2.19. The fourth-order valence-electron chi connectivity index (χ4n) is 4.67. The van der Waals surface area contributed by atoms with Crippen LogP contribution in [0.4, 0.5) is 5.69 Å². The van der Waals surface area contributed by atoms with Crippen molar-refractivity contribution in [3.05, 3.63) is 67.0 Å². The van der Waals surface area contributed by atoms with Crippen molar-refractivity contribution in [3.8, 4) is 33.8 Å². The summed E-state index contributed by atoms with van der Waals surface area (Å²) in [7, 11) is 0. The van der Waals surface area contributed by atoms with Gasteiger partial charge in [0.05, 0.1) is 29.6 Å². The molecule has 0 aliphatic carbocycles. The first-order valence-corrected chi connectivity index (χ1v) is 13.0. The number of hydrogen-bond acceptors (Lipinski definition) is 6. The molecule has 3 N–H and O–H groups in total. The molecule has 38 heavy (non-hydrogen) atoms. The summed E-state index contributed by atoms with van der Waals surface area (Å²) in [5, 5.41) is 12.1. The predicted molar refractivity (Wildman–Crippen MR) is 152 cm³/mol. The molecule has 6 aromatic rings. The predicted octanol–water partition coefficient (Wildman–Crippen LogP) is 7.23. The minimum absolute atomic E-state index is 0.289. The average molecular weight is 506 g/mol. The van der Waals surface area contributed by atoms with Crippen molar-refractivity contribution in [2.75, 3.05) is 11.9 Å². The van der Waals surface area contributed by atoms with Crippen LogP contribution >= 0.6 is 0 Å². The minimum atomic E-state index is 0.289. The lowest BCUT2D eigenvalue weighted by molar-refractivity contribution is 0.390. The van der Waals surface area contributed by atoms with Gasteiger partial charge in [0.15, 0.2) is 11.5 Å². The third-order valence-corrected chi connectivity index (χ3v) is 6.81. The van der Waals surface area contributed by atoms with Crippen molar-refractivity contribution in [3.63, 3.8) is 0 Å². The van der Waals surface area contributed by atoms with Crippen LogP contribution in [0, 0.1) is 5.41 Å². The van der Waals surface area contributed by atoms with Crippen LogP contribution in [0.3, 0.4) is 0 Å². The molecule has 0 amide bonds. The highest BCUT2D eigenvalue weighted by atomic mass is 16.3. The first kappa shape index (κ1) is 23.9. The van der Waals surface area contributed by atoms with Gasteiger partial charge in [0.1, 0.15) is 11.2 Å². The second kappa shape index (κ2) is 9.45. The maximum absolute atomic E-state index is 5.28. The van der Waals surface area contributed by atoms with E-state index in [1.54, 1.807) is 24.9 Å². The van der Waals surface area contributed by atoms with Gasteiger partial charge in [-0.1, -0.05) is 33.8 Å². The van der Waals surface area contributed by atoms with Gasteiger partial charge in [0.2, 0.25) is 0 Å². The van der Waals surface area contributed by atoms with Crippen molar-refractivity contribution in [1.29, 1.82) is 0 Å². The number of nitrogens with zero attached hydrogens (tertiary/aromatic N) is 4. The van der Waals surface area contributed by atoms with Gasteiger partial charge >= 0.3 is 0 Å². The van der Waals surface area contributed by atoms with Gasteiger partial charge in [-0.3, -0.25) is 10.1 Å². The van der Waals surface area contributed by atoms with Crippen LogP contribution in [0.1, 0.15) is 39.7 Å². The van der Waals surface area contributed by atoms with E-state index in [0.717, 1.165) is 69.4 Å². The van der Waals surface area contributed by atoms with Crippen LogP contribution in [0.15, 0.2) is 65.9 Å². The van der Waals surface area contributed by atoms with Gasteiger partial charge in [0, 0.05) is 41.3 Å². The van der Waals surface area contributed by atoms with E-state index in [4.69, 9.17) is 9.40 Å². The Morgan fingerprint density at radius 1 is 1.00 bits per heavy atom. The number of anilines is 1. The van der Waals surface area contributed by atoms with Crippen molar-refractivity contribution >= 4 is 27.8 Å². The van der Waals surface area contributed by atoms with Crippen LogP contribution in [0.5, 0.6) is 0 Å². The van der Waals surface area contributed by atoms with Crippen LogP contribution in [-0.2, 0) is 6.42 Å². The van der Waals surface area contributed by atoms with E-state index in [9.17, 15) is 0 Å². The van der Waals surface area contributed by atoms with E-state index in [-0.39, 0.29) is 5.41 Å². The Hall–Kier alpha value is -4.46. The number of furan rings is 1. The number of benzene rings is 1. The second-order valence-corrected chi connectivity index (χ2v) is 10.9. The third-order valence-electron chi connectivity index (χ3n) is 6.81. The highest BCUT2D eigenvalue weighted by Gasteiger charge is 2.17. The van der Waals surface area contributed by atoms with Gasteiger partial charge in [-0.15, -0.1) is 0 Å². The van der Waals surface area contributed by atoms with Crippen LogP contribution in [0.2, 0.25) is 0 Å². The molecule has 0 atom stereocenters. The standard InChI is InChI=1S/C30H31N7O/c1-5-18-10-20(12-22(11-18)32-8-7-30(2,3)4)21-13-23-27(36-37-28(23)33-14-21)29-34-25-16-31-15-24(26(25)35-29)19-6-9-38-17-19/h6,9-17,32H,5,7-8H2,1-4H3,(H,34,35)(H,33,36,37). The van der Waals surface area contributed by atoms with Crippen LogP contribution in [0.25, 0.3) is 55.8 Å². The average Bonchev–Trinajstić information content (AvgIpc) is 3.66. The van der Waals surface area contributed by atoms with E-state index in [1.807, 2.05) is 12.3 Å². The maximum atomic E-state index is 5.28. The summed E-state index contributed by atoms with van der Waals surface area (Å²) in [6, 6.07) is 10.7. The normalized spacial score (nSPS) is 12.0. The summed E-state index contributed by atoms with van der Waals surface area (Å²) in [6.45, 7) is 9.91. The quantitative estimate of drug-likeness (QED) is 0.211. The molecule has 0 aliphatic heterocycles. The molecule has 0 radical (unpaired) electrons. The number of imidazole rings is 1. The number of nitrogens with one attached hydrogen (secondary N) is 3. The number of hydrogen-bond donors (Lipinski definition) is 3. The molecule has 1 aromatic carbocycles. The van der Waals surface area contributed by atoms with E-state index >= 15 is 0 Å². The van der Waals surface area contributed by atoms with Gasteiger partial charge in [0.25, 0.3) is 0 Å². The number of pyridine rings is 2. The Labute approximate surface area is 220 Å². The molecular formula is C30H31N7O. The SMILES string of the molecule is CCc1cc(NCCC(C)(C)C)cc(-c2cnc3n[nH]c(-c4nc5c(-c6ccoc6)cncc5[nH]4)c3c2)c1. The number of aromatic amines is 2. The summed E-state index contributed by atoms with van der Waals surface area (Å²) in [6.07, 6.45) is 10.9. The highest BCUT2D eigenvalue weighted by molar-refractivity contribution is 5.96. The summed E-state index contributed by atoms with van der Waals surface area (Å²) in [5.41, 5.74) is 9.80. The highest BCUT2D eigenvalue weighted by Crippen LogP contribution is 2.33. The molecule has 6 rings (SSSR count). The Kier molecular flexibility index (Phi) is 5.94. The molecular weight excluding hydrogens is 474 g/mol. The zero-order valence-corrected chi connectivity index (χ0v) is 22.1. The molecule has 5 aromatic heterocycles. The lowest BCUT2D eigenvalue weighted by atomic mass is 9.92. The van der Waals surface area contributed by atoms with Crippen molar-refractivity contribution < 1.29 is 4.42 Å². The largest absolute Gasteiger partial charge is 0.472 e. The first-order chi connectivity index (χ1) is 18.4. The first-order valence-electron chi connectivity index (χ1n) is 13.0. The van der Waals surface area contributed by atoms with Crippen molar-refractivity contribution in [2.24, 2.45) is 5.41 Å². The number of aromatic nitrogens is 6. The van der Waals surface area contributed by atoms with E-state index < -0.39 is 0 Å². The maximum Gasteiger partial charge on any atom is 0.181 e. The van der Waals surface area contributed by atoms with Gasteiger partial charge < -0.3 is 14.7 Å². The van der Waals surface area contributed by atoms with Gasteiger partial charge in [-0.05, 0) is 53.6 Å². The second-order valence-electron chi connectivity index (χ2n) is 10.9. The fourth-order valence-corrected chi connectivity index (χ4v) is 4.67. The molecule has 5 heterocycles. The Morgan fingerprint density at radius 3 is 2.68 bits per heavy atom. The summed E-state index contributed by atoms with van der Waals surface area (Å²) in [4.78, 5) is 17.4. The monoisotopic (exact) mass is 505 g/mol. The molecule has 8 nitrogen and oxygen atoms in total. The van der Waals surface area contributed by atoms with E-state index in [0.29, 0.717) is 11.5 Å². The molecule has 8 heteroatoms. The van der Waals surface area contributed by atoms with Crippen molar-refractivity contribution in [1.82, 2.24) is 30.1 Å². The van der Waals surface area contributed by atoms with Crippen LogP contribution in [-0.4, -0.2) is 36.7 Å². The fraction of sp³-hybridized carbons (Fsp3) is 0.267. The topological polar surface area (TPSA) is 108 Å². The lowest BCUT2D eigenvalue weighted by Crippen LogP contribution is -2.12. The summed E-state index contributed by atoms with van der Waals surface area (Å²) in [5.74, 6) is 0.686. The number of fused-ring (bicyclic) bond motifs is 2. The van der Waals surface area contributed by atoms with Crippen molar-refractivity contribution in [2.45, 2.75) is 40.5 Å². The van der Waals surface area contributed by atoms with E-state index in [1.165, 1.54) is 5.56 Å². The smallest absolute Gasteiger partial charge is 0.181 e. The zero-order valence-electron chi connectivity index (χ0n) is 22.1. The molecule has 0 bridgehead atoms. The molecule has 0 unspecified atom stereocenters. The molecule has 0 fully saturated rings. The number of aryl methyl sites for hydroxylation is 1. The van der Waals surface area contributed by atoms with Gasteiger partial charge in [-0.25, -0.2) is 9.97 Å². The number of H-pyrrole nitrogens is 2. The molecule has 192 valence electrons.